The zero-order chi connectivity index (χ0) is 18.5. The van der Waals surface area contributed by atoms with Crippen LogP contribution < -0.4 is 15.0 Å². The summed E-state index contributed by atoms with van der Waals surface area (Å²) < 4.78 is 5.48. The molecule has 1 amide bonds. The Morgan fingerprint density at radius 3 is 2.85 bits per heavy atom. The van der Waals surface area contributed by atoms with Crippen molar-refractivity contribution in [3.63, 3.8) is 0 Å². The molecule has 0 aromatic heterocycles. The summed E-state index contributed by atoms with van der Waals surface area (Å²) in [5.41, 5.74) is 3.15. The van der Waals surface area contributed by atoms with Crippen LogP contribution in [0.5, 0.6) is 5.75 Å². The number of carbonyl (C=O) groups excluding carboxylic acids is 1. The largest absolute Gasteiger partial charge is 0.417 e. The summed E-state index contributed by atoms with van der Waals surface area (Å²) in [6.45, 7) is 3.40. The highest BCUT2D eigenvalue weighted by atomic mass is 35.5. The lowest BCUT2D eigenvalue weighted by molar-refractivity contribution is 0.215. The van der Waals surface area contributed by atoms with Gasteiger partial charge in [0, 0.05) is 41.5 Å². The van der Waals surface area contributed by atoms with Gasteiger partial charge in [-0.1, -0.05) is 30.7 Å². The number of benzene rings is 2. The smallest absolute Gasteiger partial charge is 0.410 e. The van der Waals surface area contributed by atoms with E-state index < -0.39 is 6.09 Å². The normalized spacial score (nSPS) is 24.3. The van der Waals surface area contributed by atoms with Crippen LogP contribution in [0.15, 0.2) is 42.5 Å². The molecule has 2 atom stereocenters. The van der Waals surface area contributed by atoms with Gasteiger partial charge in [-0.25, -0.2) is 4.79 Å². The Bertz CT molecular complexity index is 872. The molecule has 0 unspecified atom stereocenters. The van der Waals surface area contributed by atoms with Crippen molar-refractivity contribution in [2.24, 2.45) is 0 Å². The summed E-state index contributed by atoms with van der Waals surface area (Å²) in [6.07, 6.45) is 0.936. The van der Waals surface area contributed by atoms with Crippen LogP contribution in [0.2, 0.25) is 5.02 Å². The molecule has 1 fully saturated rings. The van der Waals surface area contributed by atoms with Crippen molar-refractivity contribution in [3.8, 4) is 5.75 Å². The Balaban J connectivity index is 1.54. The molecule has 6 heteroatoms. The quantitative estimate of drug-likeness (QED) is 0.853. The van der Waals surface area contributed by atoms with Gasteiger partial charge in [-0.15, -0.1) is 0 Å². The average Bonchev–Trinajstić information content (AvgIpc) is 3.00. The molecule has 0 saturated carbocycles. The van der Waals surface area contributed by atoms with Crippen molar-refractivity contribution in [1.29, 1.82) is 0 Å². The van der Waals surface area contributed by atoms with Crippen molar-refractivity contribution in [1.82, 2.24) is 4.90 Å². The van der Waals surface area contributed by atoms with E-state index in [2.05, 4.69) is 42.2 Å². The lowest BCUT2D eigenvalue weighted by Gasteiger charge is -2.32. The van der Waals surface area contributed by atoms with Crippen molar-refractivity contribution in [2.45, 2.75) is 24.9 Å². The maximum Gasteiger partial charge on any atom is 0.417 e. The van der Waals surface area contributed by atoms with Gasteiger partial charge in [-0.05, 0) is 43.3 Å². The maximum absolute atomic E-state index is 12.2. The lowest BCUT2D eigenvalue weighted by Crippen LogP contribution is -2.45. The molecule has 0 aliphatic carbocycles. The van der Waals surface area contributed by atoms with E-state index in [0.29, 0.717) is 22.6 Å². The highest BCUT2D eigenvalue weighted by molar-refractivity contribution is 6.30. The Kier molecular flexibility index (Phi) is 4.09. The number of nitrogens with zero attached hydrogens (tertiary/aromatic N) is 2. The third-order valence-corrected chi connectivity index (χ3v) is 5.82. The molecule has 0 bridgehead atoms. The molecule has 4 rings (SSSR count). The number of hydrogen-bond donors (Lipinski definition) is 1. The summed E-state index contributed by atoms with van der Waals surface area (Å²) in [6, 6.07) is 12.9. The van der Waals surface area contributed by atoms with E-state index in [1.165, 1.54) is 5.56 Å². The molecule has 1 saturated heterocycles. The number of halogens is 1. The average molecular weight is 372 g/mol. The fourth-order valence-electron chi connectivity index (χ4n) is 4.44. The van der Waals surface area contributed by atoms with Crippen LogP contribution in [-0.4, -0.2) is 37.8 Å². The van der Waals surface area contributed by atoms with E-state index >= 15 is 0 Å². The van der Waals surface area contributed by atoms with Gasteiger partial charge in [-0.2, -0.15) is 0 Å². The Labute approximate surface area is 158 Å². The van der Waals surface area contributed by atoms with Crippen LogP contribution in [0, 0.1) is 0 Å². The number of amides is 1. The van der Waals surface area contributed by atoms with Crippen LogP contribution in [0.4, 0.5) is 16.2 Å². The van der Waals surface area contributed by atoms with Crippen LogP contribution in [-0.2, 0) is 5.41 Å². The fraction of sp³-hybridized carbons (Fsp3) is 0.350. The van der Waals surface area contributed by atoms with E-state index in [1.807, 2.05) is 12.1 Å². The second-order valence-corrected chi connectivity index (χ2v) is 7.77. The standard InChI is InChI=1S/C20H22ClN3O2/c1-20-9-10-23(2)18(20)24(3)17-12-15(7-8-16(17)20)26-19(25)22-14-6-4-5-13(21)11-14/h4-8,11-12,18H,9-10H2,1-3H3,(H,22,25)/t18-,20+/m1/s1. The van der Waals surface area contributed by atoms with Crippen molar-refractivity contribution < 1.29 is 9.53 Å². The van der Waals surface area contributed by atoms with Crippen LogP contribution >= 0.6 is 11.6 Å². The zero-order valence-electron chi connectivity index (χ0n) is 15.1. The van der Waals surface area contributed by atoms with E-state index in [0.717, 1.165) is 18.7 Å². The first-order valence-electron chi connectivity index (χ1n) is 8.70. The molecule has 2 aliphatic rings. The summed E-state index contributed by atoms with van der Waals surface area (Å²) >= 11 is 5.94. The Morgan fingerprint density at radius 1 is 1.27 bits per heavy atom. The van der Waals surface area contributed by atoms with Crippen LogP contribution in [0.3, 0.4) is 0 Å². The minimum absolute atomic E-state index is 0.112. The summed E-state index contributed by atoms with van der Waals surface area (Å²) in [4.78, 5) is 16.9. The number of likely N-dealkylation sites (tertiary alicyclic amines) is 1. The number of rotatable bonds is 2. The molecule has 2 aromatic rings. The summed E-state index contributed by atoms with van der Waals surface area (Å²) in [5, 5.41) is 3.26. The number of fused-ring (bicyclic) bond motifs is 3. The predicted octanol–water partition coefficient (Wildman–Crippen LogP) is 4.32. The third kappa shape index (κ3) is 2.72. The molecule has 0 radical (unpaired) electrons. The van der Waals surface area contributed by atoms with E-state index in [4.69, 9.17) is 16.3 Å². The SMILES string of the molecule is CN1CC[C@@]2(C)c3ccc(OC(=O)Nc4cccc(Cl)c4)cc3N(C)[C@@H]12. The van der Waals surface area contributed by atoms with Gasteiger partial charge < -0.3 is 9.64 Å². The highest BCUT2D eigenvalue weighted by Crippen LogP contribution is 2.51. The molecule has 2 aromatic carbocycles. The molecule has 136 valence electrons. The first-order valence-corrected chi connectivity index (χ1v) is 9.08. The van der Waals surface area contributed by atoms with Gasteiger partial charge in [0.25, 0.3) is 0 Å². The third-order valence-electron chi connectivity index (χ3n) is 5.58. The first-order chi connectivity index (χ1) is 12.4. The molecular formula is C20H22ClN3O2. The molecule has 5 nitrogen and oxygen atoms in total. The first kappa shape index (κ1) is 17.2. The molecule has 2 heterocycles. The monoisotopic (exact) mass is 371 g/mol. The Morgan fingerprint density at radius 2 is 2.08 bits per heavy atom. The number of ether oxygens (including phenoxy) is 1. The van der Waals surface area contributed by atoms with Crippen molar-refractivity contribution in [2.75, 3.05) is 30.9 Å². The molecule has 2 aliphatic heterocycles. The minimum atomic E-state index is -0.531. The maximum atomic E-state index is 12.2. The van der Waals surface area contributed by atoms with Gasteiger partial charge in [0.1, 0.15) is 5.75 Å². The van der Waals surface area contributed by atoms with Gasteiger partial charge in [0.05, 0.1) is 6.17 Å². The predicted molar refractivity (Wildman–Crippen MR) is 104 cm³/mol. The lowest BCUT2D eigenvalue weighted by atomic mass is 9.81. The number of anilines is 2. The van der Waals surface area contributed by atoms with Gasteiger partial charge >= 0.3 is 6.09 Å². The number of nitrogens with one attached hydrogen (secondary N) is 1. The van der Waals surface area contributed by atoms with Gasteiger partial charge in [0.15, 0.2) is 0 Å². The number of likely N-dealkylation sites (N-methyl/N-ethyl adjacent to an activating group) is 2. The van der Waals surface area contributed by atoms with Crippen molar-refractivity contribution in [3.05, 3.63) is 53.1 Å². The molecule has 26 heavy (non-hydrogen) atoms. The van der Waals surface area contributed by atoms with E-state index in [1.54, 1.807) is 24.3 Å². The second kappa shape index (κ2) is 6.18. The summed E-state index contributed by atoms with van der Waals surface area (Å²) in [5.74, 6) is 0.529. The zero-order valence-corrected chi connectivity index (χ0v) is 15.9. The van der Waals surface area contributed by atoms with E-state index in [9.17, 15) is 4.79 Å². The molecular weight excluding hydrogens is 350 g/mol. The molecule has 1 N–H and O–H groups in total. The van der Waals surface area contributed by atoms with Crippen LogP contribution in [0.25, 0.3) is 0 Å². The number of carbonyl (C=O) groups is 1. The van der Waals surface area contributed by atoms with E-state index in [-0.39, 0.29) is 5.41 Å². The van der Waals surface area contributed by atoms with Crippen molar-refractivity contribution >= 4 is 29.1 Å². The summed E-state index contributed by atoms with van der Waals surface area (Å²) in [7, 11) is 4.26. The second-order valence-electron chi connectivity index (χ2n) is 7.34. The topological polar surface area (TPSA) is 44.8 Å². The van der Waals surface area contributed by atoms with Gasteiger partial charge in [-0.3, -0.25) is 10.2 Å². The molecule has 0 spiro atoms. The number of hydrogen-bond acceptors (Lipinski definition) is 4. The Hall–Kier alpha value is -2.24. The fourth-order valence-corrected chi connectivity index (χ4v) is 4.63. The minimum Gasteiger partial charge on any atom is -0.410 e. The highest BCUT2D eigenvalue weighted by Gasteiger charge is 2.52. The van der Waals surface area contributed by atoms with Gasteiger partial charge in [0.2, 0.25) is 0 Å². The van der Waals surface area contributed by atoms with Crippen LogP contribution in [0.1, 0.15) is 18.9 Å².